The van der Waals surface area contributed by atoms with E-state index in [-0.39, 0.29) is 16.6 Å². The predicted molar refractivity (Wildman–Crippen MR) is 93.6 cm³/mol. The molecule has 2 aromatic rings. The maximum atomic E-state index is 11.9. The lowest BCUT2D eigenvalue weighted by molar-refractivity contribution is -0.121. The fraction of sp³-hybridized carbons (Fsp3) is 0.421. The Balaban J connectivity index is 2.23. The van der Waals surface area contributed by atoms with Crippen LogP contribution in [0.25, 0.3) is 11.8 Å². The molecule has 1 aromatic heterocycles. The SMILES string of the molecule is CC(C)(C)C(=O)C=Cc1ccc(-n2nncc2C(C)(C)C)cc1. The number of hydrogen-bond acceptors (Lipinski definition) is 3. The minimum Gasteiger partial charge on any atom is -0.294 e. The van der Waals surface area contributed by atoms with Crippen LogP contribution in [0.4, 0.5) is 0 Å². The zero-order valence-corrected chi connectivity index (χ0v) is 14.8. The van der Waals surface area contributed by atoms with Gasteiger partial charge in [0.1, 0.15) is 0 Å². The van der Waals surface area contributed by atoms with Gasteiger partial charge in [-0.05, 0) is 23.8 Å². The second kappa shape index (κ2) is 6.11. The third-order valence-corrected chi connectivity index (χ3v) is 3.62. The fourth-order valence-electron chi connectivity index (χ4n) is 2.09. The van der Waals surface area contributed by atoms with E-state index in [2.05, 4.69) is 31.1 Å². The van der Waals surface area contributed by atoms with Gasteiger partial charge in [-0.1, -0.05) is 65.0 Å². The molecule has 1 aromatic carbocycles. The Hall–Kier alpha value is -2.23. The lowest BCUT2D eigenvalue weighted by Crippen LogP contribution is -2.17. The topological polar surface area (TPSA) is 47.8 Å². The Morgan fingerprint density at radius 3 is 2.17 bits per heavy atom. The van der Waals surface area contributed by atoms with E-state index < -0.39 is 0 Å². The van der Waals surface area contributed by atoms with Crippen molar-refractivity contribution < 1.29 is 4.79 Å². The molecule has 0 spiro atoms. The smallest absolute Gasteiger partial charge is 0.161 e. The molecular formula is C19H25N3O. The molecule has 0 aliphatic heterocycles. The molecule has 23 heavy (non-hydrogen) atoms. The zero-order valence-electron chi connectivity index (χ0n) is 14.8. The van der Waals surface area contributed by atoms with E-state index in [1.54, 1.807) is 12.3 Å². The molecule has 2 rings (SSSR count). The first-order valence-electron chi connectivity index (χ1n) is 7.83. The van der Waals surface area contributed by atoms with Gasteiger partial charge in [0.25, 0.3) is 0 Å². The molecular weight excluding hydrogens is 286 g/mol. The van der Waals surface area contributed by atoms with E-state index in [0.29, 0.717) is 0 Å². The second-order valence-electron chi connectivity index (χ2n) is 7.82. The normalized spacial score (nSPS) is 12.8. The average Bonchev–Trinajstić information content (AvgIpc) is 2.93. The maximum Gasteiger partial charge on any atom is 0.161 e. The van der Waals surface area contributed by atoms with E-state index in [9.17, 15) is 4.79 Å². The Morgan fingerprint density at radius 2 is 1.65 bits per heavy atom. The molecule has 0 atom stereocenters. The van der Waals surface area contributed by atoms with Gasteiger partial charge in [0.05, 0.1) is 17.6 Å². The van der Waals surface area contributed by atoms with E-state index in [0.717, 1.165) is 16.9 Å². The summed E-state index contributed by atoms with van der Waals surface area (Å²) in [6.45, 7) is 12.2. The molecule has 0 aliphatic carbocycles. The number of ketones is 1. The summed E-state index contributed by atoms with van der Waals surface area (Å²) < 4.78 is 1.85. The van der Waals surface area contributed by atoms with Crippen molar-refractivity contribution in [2.45, 2.75) is 47.0 Å². The lowest BCUT2D eigenvalue weighted by Gasteiger charge is -2.19. The molecule has 0 bridgehead atoms. The largest absolute Gasteiger partial charge is 0.294 e. The van der Waals surface area contributed by atoms with Crippen LogP contribution >= 0.6 is 0 Å². The van der Waals surface area contributed by atoms with E-state index in [1.165, 1.54) is 0 Å². The Morgan fingerprint density at radius 1 is 1.04 bits per heavy atom. The van der Waals surface area contributed by atoms with Crippen molar-refractivity contribution in [2.75, 3.05) is 0 Å². The van der Waals surface area contributed by atoms with Crippen LogP contribution in [0.15, 0.2) is 36.5 Å². The van der Waals surface area contributed by atoms with Crippen LogP contribution in [0, 0.1) is 5.41 Å². The molecule has 0 fully saturated rings. The summed E-state index contributed by atoms with van der Waals surface area (Å²) >= 11 is 0. The first kappa shape index (κ1) is 17.1. The fourth-order valence-corrected chi connectivity index (χ4v) is 2.09. The standard InChI is InChI=1S/C19H25N3O/c1-18(2,3)16-13-20-21-22(16)15-10-7-14(8-11-15)9-12-17(23)19(4,5)6/h7-13H,1-6H3. The van der Waals surface area contributed by atoms with Crippen molar-refractivity contribution in [3.8, 4) is 5.69 Å². The highest BCUT2D eigenvalue weighted by Gasteiger charge is 2.20. The van der Waals surface area contributed by atoms with Gasteiger partial charge in [0.15, 0.2) is 5.78 Å². The van der Waals surface area contributed by atoms with Crippen molar-refractivity contribution in [1.82, 2.24) is 15.0 Å². The van der Waals surface area contributed by atoms with Crippen LogP contribution in [0.5, 0.6) is 0 Å². The van der Waals surface area contributed by atoms with Crippen molar-refractivity contribution in [3.63, 3.8) is 0 Å². The molecule has 0 unspecified atom stereocenters. The summed E-state index contributed by atoms with van der Waals surface area (Å²) in [4.78, 5) is 11.9. The summed E-state index contributed by atoms with van der Waals surface area (Å²) in [7, 11) is 0. The molecule has 0 saturated heterocycles. The first-order chi connectivity index (χ1) is 10.6. The number of carbonyl (C=O) groups excluding carboxylic acids is 1. The van der Waals surface area contributed by atoms with Crippen molar-refractivity contribution in [1.29, 1.82) is 0 Å². The third-order valence-electron chi connectivity index (χ3n) is 3.62. The monoisotopic (exact) mass is 311 g/mol. The van der Waals surface area contributed by atoms with E-state index in [1.807, 2.05) is 55.8 Å². The number of carbonyl (C=O) groups is 1. The molecule has 0 radical (unpaired) electrons. The Labute approximate surface area is 138 Å². The third kappa shape index (κ3) is 4.15. The molecule has 4 nitrogen and oxygen atoms in total. The summed E-state index contributed by atoms with van der Waals surface area (Å²) in [6.07, 6.45) is 5.30. The van der Waals surface area contributed by atoms with Crippen LogP contribution in [0.1, 0.15) is 52.8 Å². The quantitative estimate of drug-likeness (QED) is 0.798. The van der Waals surface area contributed by atoms with Crippen molar-refractivity contribution in [3.05, 3.63) is 47.8 Å². The minimum atomic E-state index is -0.348. The maximum absolute atomic E-state index is 11.9. The number of benzene rings is 1. The van der Waals surface area contributed by atoms with E-state index >= 15 is 0 Å². The minimum absolute atomic E-state index is 0.0266. The van der Waals surface area contributed by atoms with Gasteiger partial charge in [-0.25, -0.2) is 4.68 Å². The van der Waals surface area contributed by atoms with Gasteiger partial charge in [-0.3, -0.25) is 4.79 Å². The van der Waals surface area contributed by atoms with Gasteiger partial charge in [0, 0.05) is 10.8 Å². The highest BCUT2D eigenvalue weighted by Crippen LogP contribution is 2.24. The molecule has 0 aliphatic rings. The Kier molecular flexibility index (Phi) is 4.55. The van der Waals surface area contributed by atoms with Crippen LogP contribution in [0.2, 0.25) is 0 Å². The lowest BCUT2D eigenvalue weighted by atomic mass is 9.90. The average molecular weight is 311 g/mol. The van der Waals surface area contributed by atoms with Crippen LogP contribution in [-0.4, -0.2) is 20.8 Å². The molecule has 0 amide bonds. The number of hydrogen-bond donors (Lipinski definition) is 0. The van der Waals surface area contributed by atoms with Gasteiger partial charge in [-0.2, -0.15) is 0 Å². The van der Waals surface area contributed by atoms with Crippen LogP contribution < -0.4 is 0 Å². The number of rotatable bonds is 3. The number of aromatic nitrogens is 3. The van der Waals surface area contributed by atoms with E-state index in [4.69, 9.17) is 0 Å². The predicted octanol–water partition coefficient (Wildman–Crippen LogP) is 4.19. The van der Waals surface area contributed by atoms with Gasteiger partial charge < -0.3 is 0 Å². The van der Waals surface area contributed by atoms with Gasteiger partial charge in [-0.15, -0.1) is 5.10 Å². The van der Waals surface area contributed by atoms with Gasteiger partial charge >= 0.3 is 0 Å². The number of allylic oxidation sites excluding steroid dienone is 1. The molecule has 122 valence electrons. The van der Waals surface area contributed by atoms with Crippen molar-refractivity contribution >= 4 is 11.9 Å². The number of nitrogens with zero attached hydrogens (tertiary/aromatic N) is 3. The summed E-state index contributed by atoms with van der Waals surface area (Å²) in [5.41, 5.74) is 2.64. The van der Waals surface area contributed by atoms with Crippen LogP contribution in [-0.2, 0) is 10.2 Å². The summed E-state index contributed by atoms with van der Waals surface area (Å²) in [6, 6.07) is 7.95. The second-order valence-corrected chi connectivity index (χ2v) is 7.82. The summed E-state index contributed by atoms with van der Waals surface area (Å²) in [5.74, 6) is 0.118. The first-order valence-corrected chi connectivity index (χ1v) is 7.83. The molecule has 4 heteroatoms. The molecule has 0 saturated carbocycles. The van der Waals surface area contributed by atoms with Crippen LogP contribution in [0.3, 0.4) is 0 Å². The summed E-state index contributed by atoms with van der Waals surface area (Å²) in [5, 5.41) is 8.21. The highest BCUT2D eigenvalue weighted by atomic mass is 16.1. The van der Waals surface area contributed by atoms with Gasteiger partial charge in [0.2, 0.25) is 0 Å². The molecule has 0 N–H and O–H groups in total. The highest BCUT2D eigenvalue weighted by molar-refractivity contribution is 5.97. The Bertz CT molecular complexity index is 710. The zero-order chi connectivity index (χ0) is 17.3. The molecule has 1 heterocycles. The van der Waals surface area contributed by atoms with Crippen molar-refractivity contribution in [2.24, 2.45) is 5.41 Å².